The van der Waals surface area contributed by atoms with E-state index in [1.54, 1.807) is 12.1 Å². The number of thiophene rings is 1. The van der Waals surface area contributed by atoms with Crippen molar-refractivity contribution in [2.75, 3.05) is 43.4 Å². The normalized spacial score (nSPS) is 18.9. The molecule has 0 spiro atoms. The third-order valence-electron chi connectivity index (χ3n) is 8.87. The molecule has 1 aliphatic carbocycles. The van der Waals surface area contributed by atoms with Gasteiger partial charge in [-0.15, -0.1) is 11.3 Å². The smallest absolute Gasteiger partial charge is 0.264 e. The van der Waals surface area contributed by atoms with Gasteiger partial charge < -0.3 is 25.8 Å². The number of piperazine rings is 1. The number of nitrogens with two attached hydrogens (primary N) is 1. The molecule has 0 unspecified atom stereocenters. The number of nitrogens with zero attached hydrogens (tertiary/aromatic N) is 4. The number of hydrogen-bond acceptors (Lipinski definition) is 7. The van der Waals surface area contributed by atoms with E-state index >= 15 is 0 Å². The fourth-order valence-electron chi connectivity index (χ4n) is 6.21. The Hall–Kier alpha value is -3.76. The second kappa shape index (κ2) is 14.1. The van der Waals surface area contributed by atoms with Crippen LogP contribution in [0.5, 0.6) is 0 Å². The van der Waals surface area contributed by atoms with Gasteiger partial charge in [0.25, 0.3) is 11.8 Å². The summed E-state index contributed by atoms with van der Waals surface area (Å²) in [5.74, 6) is -0.163. The van der Waals surface area contributed by atoms with Crippen LogP contribution in [0.4, 0.5) is 11.4 Å². The number of halogens is 1. The third kappa shape index (κ3) is 7.56. The molecule has 0 atom stereocenters. The van der Waals surface area contributed by atoms with Crippen molar-refractivity contribution in [2.45, 2.75) is 44.3 Å². The highest BCUT2D eigenvalue weighted by Gasteiger charge is 2.29. The van der Waals surface area contributed by atoms with Gasteiger partial charge in [0, 0.05) is 51.0 Å². The number of anilines is 2. The topological polar surface area (TPSA) is 94.8 Å². The lowest BCUT2D eigenvalue weighted by Crippen LogP contribution is -2.44. The first-order chi connectivity index (χ1) is 21.8. The Morgan fingerprint density at radius 1 is 0.978 bits per heavy atom. The van der Waals surface area contributed by atoms with Crippen LogP contribution in [0.3, 0.4) is 0 Å². The van der Waals surface area contributed by atoms with E-state index in [0.29, 0.717) is 17.3 Å². The lowest BCUT2D eigenvalue weighted by Gasteiger charge is -2.36. The minimum absolute atomic E-state index is 0.0779. The van der Waals surface area contributed by atoms with Crippen molar-refractivity contribution in [1.29, 1.82) is 0 Å². The van der Waals surface area contributed by atoms with Gasteiger partial charge in [-0.1, -0.05) is 41.9 Å². The number of benzene rings is 2. The Bertz CT molecular complexity index is 1610. The van der Waals surface area contributed by atoms with Crippen molar-refractivity contribution < 1.29 is 9.59 Å². The second-order valence-corrected chi connectivity index (χ2v) is 13.4. The van der Waals surface area contributed by atoms with Gasteiger partial charge >= 0.3 is 0 Å². The number of carbonyl (C=O) groups excluding carboxylic acids is 2. The molecule has 2 aromatic heterocycles. The van der Waals surface area contributed by atoms with Crippen molar-refractivity contribution in [3.8, 4) is 11.1 Å². The first kappa shape index (κ1) is 31.2. The van der Waals surface area contributed by atoms with Gasteiger partial charge in [0.2, 0.25) is 0 Å². The molecule has 8 nitrogen and oxygen atoms in total. The molecule has 1 saturated heterocycles. The van der Waals surface area contributed by atoms with Gasteiger partial charge in [-0.05, 0) is 91.2 Å². The van der Waals surface area contributed by atoms with E-state index in [-0.39, 0.29) is 23.9 Å². The third-order valence-corrected chi connectivity index (χ3v) is 9.95. The monoisotopic (exact) mass is 642 g/mol. The van der Waals surface area contributed by atoms with Crippen molar-refractivity contribution in [1.82, 2.24) is 14.8 Å². The molecule has 2 amide bonds. The zero-order valence-electron chi connectivity index (χ0n) is 25.5. The summed E-state index contributed by atoms with van der Waals surface area (Å²) in [5, 5.41) is 5.44. The molecule has 2 fully saturated rings. The van der Waals surface area contributed by atoms with Crippen LogP contribution in [0.1, 0.15) is 51.3 Å². The quantitative estimate of drug-likeness (QED) is 0.217. The lowest BCUT2D eigenvalue weighted by molar-refractivity contribution is 0.0611. The van der Waals surface area contributed by atoms with Gasteiger partial charge in [0.1, 0.15) is 5.15 Å². The molecular weight excluding hydrogens is 604 g/mol. The standard InChI is InChI=1S/C35H39ClN6O2S/c1-40-15-17-41(18-16-40)31-13-7-26(21-30(31)39-34(43)27-8-14-33(36)38-22-27)25-5-2-4-24(20-25)23-42(29-11-9-28(37)10-12-29)35(44)32-6-3-19-45-32/h2-8,13-14,19-22,28-29H,9-12,15-18,23,37H2,1H3,(H,39,43). The van der Waals surface area contributed by atoms with E-state index < -0.39 is 0 Å². The molecule has 0 bridgehead atoms. The van der Waals surface area contributed by atoms with Crippen LogP contribution in [-0.4, -0.2) is 71.9 Å². The number of rotatable bonds is 8. The minimum atomic E-state index is -0.240. The highest BCUT2D eigenvalue weighted by molar-refractivity contribution is 7.12. The van der Waals surface area contributed by atoms with Crippen molar-refractivity contribution in [2.24, 2.45) is 5.73 Å². The molecule has 4 aromatic rings. The fraction of sp³-hybridized carbons (Fsp3) is 0.343. The average Bonchev–Trinajstić information content (AvgIpc) is 3.60. The van der Waals surface area contributed by atoms with Crippen LogP contribution in [0, 0.1) is 0 Å². The summed E-state index contributed by atoms with van der Waals surface area (Å²) in [5.41, 5.74) is 11.5. The SMILES string of the molecule is CN1CCN(c2ccc(-c3cccc(CN(C(=O)c4cccs4)C4CCC(N)CC4)c3)cc2NC(=O)c2ccc(Cl)nc2)CC1. The minimum Gasteiger partial charge on any atom is -0.367 e. The van der Waals surface area contributed by atoms with E-state index in [1.807, 2.05) is 34.5 Å². The molecule has 2 aliphatic rings. The lowest BCUT2D eigenvalue weighted by atomic mass is 9.90. The number of carbonyl (C=O) groups is 2. The molecule has 3 heterocycles. The zero-order chi connectivity index (χ0) is 31.3. The predicted molar refractivity (Wildman–Crippen MR) is 183 cm³/mol. The van der Waals surface area contributed by atoms with Crippen LogP contribution in [0.15, 0.2) is 78.3 Å². The van der Waals surface area contributed by atoms with Gasteiger partial charge in [0.05, 0.1) is 21.8 Å². The van der Waals surface area contributed by atoms with Crippen LogP contribution >= 0.6 is 22.9 Å². The highest BCUT2D eigenvalue weighted by Crippen LogP contribution is 2.34. The van der Waals surface area contributed by atoms with Crippen LogP contribution in [0.2, 0.25) is 5.15 Å². The van der Waals surface area contributed by atoms with Crippen LogP contribution in [0.25, 0.3) is 11.1 Å². The molecule has 10 heteroatoms. The number of likely N-dealkylation sites (N-methyl/N-ethyl adjacent to an activating group) is 1. The van der Waals surface area contributed by atoms with Gasteiger partial charge in [-0.25, -0.2) is 4.98 Å². The fourth-order valence-corrected chi connectivity index (χ4v) is 7.00. The molecule has 6 rings (SSSR count). The number of nitrogens with one attached hydrogen (secondary N) is 1. The van der Waals surface area contributed by atoms with Crippen LogP contribution < -0.4 is 16.0 Å². The summed E-state index contributed by atoms with van der Waals surface area (Å²) in [7, 11) is 2.13. The number of aromatic nitrogens is 1. The molecule has 1 saturated carbocycles. The Labute approximate surface area is 273 Å². The number of hydrogen-bond donors (Lipinski definition) is 2. The second-order valence-electron chi connectivity index (χ2n) is 12.0. The first-order valence-electron chi connectivity index (χ1n) is 15.5. The largest absolute Gasteiger partial charge is 0.367 e. The Balaban J connectivity index is 1.29. The Morgan fingerprint density at radius 3 is 2.47 bits per heavy atom. The summed E-state index contributed by atoms with van der Waals surface area (Å²) in [6.07, 6.45) is 5.18. The molecule has 1 aliphatic heterocycles. The number of pyridine rings is 1. The molecule has 3 N–H and O–H groups in total. The summed E-state index contributed by atoms with van der Waals surface area (Å²) in [6, 6.07) is 22.1. The van der Waals surface area contributed by atoms with Crippen LogP contribution in [-0.2, 0) is 6.54 Å². The summed E-state index contributed by atoms with van der Waals surface area (Å²) in [6.45, 7) is 4.17. The van der Waals surface area contributed by atoms with Gasteiger partial charge in [-0.2, -0.15) is 0 Å². The maximum atomic E-state index is 13.7. The van der Waals surface area contributed by atoms with E-state index in [0.717, 1.165) is 84.8 Å². The van der Waals surface area contributed by atoms with E-state index in [9.17, 15) is 9.59 Å². The van der Waals surface area contributed by atoms with E-state index in [1.165, 1.54) is 17.5 Å². The van der Waals surface area contributed by atoms with Crippen molar-refractivity contribution in [3.63, 3.8) is 0 Å². The maximum Gasteiger partial charge on any atom is 0.264 e. The van der Waals surface area contributed by atoms with E-state index in [2.05, 4.69) is 57.5 Å². The molecular formula is C35H39ClN6O2S. The Kier molecular flexibility index (Phi) is 9.80. The first-order valence-corrected chi connectivity index (χ1v) is 16.8. The summed E-state index contributed by atoms with van der Waals surface area (Å²) >= 11 is 7.45. The molecule has 0 radical (unpaired) electrons. The van der Waals surface area contributed by atoms with Crippen molar-refractivity contribution in [3.05, 3.63) is 99.5 Å². The number of amides is 2. The highest BCUT2D eigenvalue weighted by atomic mass is 35.5. The molecule has 234 valence electrons. The van der Waals surface area contributed by atoms with Crippen molar-refractivity contribution >= 4 is 46.1 Å². The predicted octanol–water partition coefficient (Wildman–Crippen LogP) is 6.38. The van der Waals surface area contributed by atoms with E-state index in [4.69, 9.17) is 17.3 Å². The summed E-state index contributed by atoms with van der Waals surface area (Å²) in [4.78, 5) is 38.5. The van der Waals surface area contributed by atoms with Gasteiger partial charge in [0.15, 0.2) is 0 Å². The summed E-state index contributed by atoms with van der Waals surface area (Å²) < 4.78 is 0. The molecule has 2 aromatic carbocycles. The molecule has 45 heavy (non-hydrogen) atoms. The Morgan fingerprint density at radius 2 is 1.76 bits per heavy atom. The average molecular weight is 643 g/mol. The maximum absolute atomic E-state index is 13.7. The zero-order valence-corrected chi connectivity index (χ0v) is 27.1. The van der Waals surface area contributed by atoms with Gasteiger partial charge in [-0.3, -0.25) is 9.59 Å².